The highest BCUT2D eigenvalue weighted by atomic mass is 79.9. The zero-order valence-corrected chi connectivity index (χ0v) is 20.5. The Hall–Kier alpha value is -3.77. The molecular formula is C24H22BrFN4O6. The van der Waals surface area contributed by atoms with Gasteiger partial charge < -0.3 is 25.0 Å². The van der Waals surface area contributed by atoms with Crippen LogP contribution in [0.5, 0.6) is 5.75 Å². The molecule has 4 rings (SSSR count). The maximum absolute atomic E-state index is 13.7. The van der Waals surface area contributed by atoms with Crippen molar-refractivity contribution in [2.45, 2.75) is 0 Å². The van der Waals surface area contributed by atoms with Crippen LogP contribution in [0.15, 0.2) is 52.6 Å². The summed E-state index contributed by atoms with van der Waals surface area (Å²) >= 11 is 3.39. The fraction of sp³-hybridized carbons (Fsp3) is 0.250. The average Bonchev–Trinajstić information content (AvgIpc) is 3.12. The Bertz CT molecular complexity index is 1230. The lowest BCUT2D eigenvalue weighted by molar-refractivity contribution is -0.137. The number of anilines is 1. The second-order valence-corrected chi connectivity index (χ2v) is 8.73. The summed E-state index contributed by atoms with van der Waals surface area (Å²) in [5.41, 5.74) is 0.487. The Morgan fingerprint density at radius 1 is 1.17 bits per heavy atom. The van der Waals surface area contributed by atoms with E-state index in [1.165, 1.54) is 24.3 Å². The molecule has 10 nitrogen and oxygen atoms in total. The molecule has 2 N–H and O–H groups in total. The molecule has 0 aromatic heterocycles. The number of ether oxygens (including phenoxy) is 2. The van der Waals surface area contributed by atoms with E-state index in [0.717, 1.165) is 4.90 Å². The summed E-state index contributed by atoms with van der Waals surface area (Å²) in [6.45, 7) is 1.35. The van der Waals surface area contributed by atoms with E-state index in [9.17, 15) is 23.6 Å². The first kappa shape index (κ1) is 25.3. The third-order valence-corrected chi connectivity index (χ3v) is 6.01. The van der Waals surface area contributed by atoms with Crippen LogP contribution < -0.4 is 15.4 Å². The SMILES string of the molecule is O=C(CN1C(=O)N/C(=C\c2ccc(OCC(=O)N3CCOCC3)c(Br)c2)C1=O)Nc1ccccc1F. The molecule has 0 radical (unpaired) electrons. The first-order valence-corrected chi connectivity index (χ1v) is 11.8. The highest BCUT2D eigenvalue weighted by molar-refractivity contribution is 9.10. The molecular weight excluding hydrogens is 539 g/mol. The number of para-hydroxylation sites is 1. The lowest BCUT2D eigenvalue weighted by Crippen LogP contribution is -2.43. The van der Waals surface area contributed by atoms with Crippen molar-refractivity contribution in [3.8, 4) is 5.75 Å². The van der Waals surface area contributed by atoms with Crippen LogP contribution in [-0.4, -0.2) is 73.0 Å². The van der Waals surface area contributed by atoms with Gasteiger partial charge in [0.15, 0.2) is 6.61 Å². The molecule has 0 atom stereocenters. The highest BCUT2D eigenvalue weighted by Gasteiger charge is 2.35. The van der Waals surface area contributed by atoms with Crippen LogP contribution in [0.1, 0.15) is 5.56 Å². The number of nitrogens with zero attached hydrogens (tertiary/aromatic N) is 2. The van der Waals surface area contributed by atoms with Gasteiger partial charge >= 0.3 is 6.03 Å². The van der Waals surface area contributed by atoms with Crippen molar-refractivity contribution in [1.82, 2.24) is 15.1 Å². The molecule has 2 saturated heterocycles. The smallest absolute Gasteiger partial charge is 0.329 e. The van der Waals surface area contributed by atoms with Crippen LogP contribution in [0.4, 0.5) is 14.9 Å². The van der Waals surface area contributed by atoms with Crippen molar-refractivity contribution in [1.29, 1.82) is 0 Å². The summed E-state index contributed by atoms with van der Waals surface area (Å²) in [5.74, 6) is -1.76. The average molecular weight is 561 g/mol. The topological polar surface area (TPSA) is 117 Å². The summed E-state index contributed by atoms with van der Waals surface area (Å²) in [5, 5.41) is 4.77. The number of hydrogen-bond acceptors (Lipinski definition) is 6. The molecule has 0 bridgehead atoms. The van der Waals surface area contributed by atoms with E-state index in [-0.39, 0.29) is 23.9 Å². The summed E-state index contributed by atoms with van der Waals surface area (Å²) < 4.78 is 25.1. The first-order chi connectivity index (χ1) is 17.3. The van der Waals surface area contributed by atoms with E-state index in [1.807, 2.05) is 0 Å². The van der Waals surface area contributed by atoms with E-state index >= 15 is 0 Å². The molecule has 0 aliphatic carbocycles. The molecule has 36 heavy (non-hydrogen) atoms. The van der Waals surface area contributed by atoms with Gasteiger partial charge in [-0.3, -0.25) is 14.4 Å². The number of benzene rings is 2. The molecule has 0 spiro atoms. The third kappa shape index (κ3) is 6.07. The van der Waals surface area contributed by atoms with Crippen molar-refractivity contribution >= 4 is 51.4 Å². The Kier molecular flexibility index (Phi) is 7.96. The number of carbonyl (C=O) groups is 4. The van der Waals surface area contributed by atoms with Crippen molar-refractivity contribution in [3.63, 3.8) is 0 Å². The normalized spacial score (nSPS) is 16.8. The van der Waals surface area contributed by atoms with Crippen molar-refractivity contribution in [2.24, 2.45) is 0 Å². The van der Waals surface area contributed by atoms with E-state index in [1.54, 1.807) is 29.2 Å². The number of morpholine rings is 1. The number of amides is 5. The van der Waals surface area contributed by atoms with Gasteiger partial charge in [0.2, 0.25) is 5.91 Å². The lowest BCUT2D eigenvalue weighted by atomic mass is 10.2. The molecule has 2 aliphatic rings. The Balaban J connectivity index is 1.36. The maximum atomic E-state index is 13.7. The second kappa shape index (κ2) is 11.3. The molecule has 0 unspecified atom stereocenters. The zero-order chi connectivity index (χ0) is 25.7. The molecule has 12 heteroatoms. The van der Waals surface area contributed by atoms with Gasteiger partial charge in [-0.05, 0) is 51.8 Å². The minimum Gasteiger partial charge on any atom is -0.483 e. The molecule has 0 saturated carbocycles. The number of urea groups is 1. The fourth-order valence-corrected chi connectivity index (χ4v) is 4.06. The van der Waals surface area contributed by atoms with Crippen molar-refractivity contribution in [3.05, 3.63) is 64.0 Å². The fourth-order valence-electron chi connectivity index (χ4n) is 3.55. The minimum absolute atomic E-state index is 0.0262. The van der Waals surface area contributed by atoms with E-state index in [2.05, 4.69) is 26.6 Å². The van der Waals surface area contributed by atoms with Gasteiger partial charge in [0, 0.05) is 13.1 Å². The van der Waals surface area contributed by atoms with Gasteiger partial charge in [0.25, 0.3) is 11.8 Å². The zero-order valence-electron chi connectivity index (χ0n) is 19.0. The maximum Gasteiger partial charge on any atom is 0.329 e. The van der Waals surface area contributed by atoms with Gasteiger partial charge in [-0.15, -0.1) is 0 Å². The van der Waals surface area contributed by atoms with E-state index < -0.39 is 30.2 Å². The summed E-state index contributed by atoms with van der Waals surface area (Å²) in [7, 11) is 0. The van der Waals surface area contributed by atoms with Gasteiger partial charge in [-0.1, -0.05) is 18.2 Å². The molecule has 2 aromatic carbocycles. The van der Waals surface area contributed by atoms with E-state index in [4.69, 9.17) is 9.47 Å². The van der Waals surface area contributed by atoms with Crippen LogP contribution in [0.25, 0.3) is 6.08 Å². The number of nitrogens with one attached hydrogen (secondary N) is 2. The molecule has 188 valence electrons. The van der Waals surface area contributed by atoms with Crippen molar-refractivity contribution < 1.29 is 33.0 Å². The summed E-state index contributed by atoms with van der Waals surface area (Å²) in [4.78, 5) is 51.9. The minimum atomic E-state index is -0.768. The predicted octanol–water partition coefficient (Wildman–Crippen LogP) is 2.36. The molecule has 2 heterocycles. The number of imide groups is 1. The lowest BCUT2D eigenvalue weighted by Gasteiger charge is -2.26. The standard InChI is InChI=1S/C24H22BrFN4O6/c25-16-11-15(5-6-20(16)36-14-22(32)29-7-9-35-10-8-29)12-19-23(33)30(24(34)28-19)13-21(31)27-18-4-2-1-3-17(18)26/h1-6,11-12H,7-10,13-14H2,(H,27,31)(H,28,34)/b19-12-. The van der Waals surface area contributed by atoms with Crippen molar-refractivity contribution in [2.75, 3.05) is 44.8 Å². The Labute approximate surface area is 214 Å². The van der Waals surface area contributed by atoms with Gasteiger partial charge in [-0.2, -0.15) is 0 Å². The second-order valence-electron chi connectivity index (χ2n) is 7.88. The van der Waals surface area contributed by atoms with Crippen LogP contribution in [0, 0.1) is 5.82 Å². The van der Waals surface area contributed by atoms with Gasteiger partial charge in [0.05, 0.1) is 23.4 Å². The molecule has 2 fully saturated rings. The largest absolute Gasteiger partial charge is 0.483 e. The third-order valence-electron chi connectivity index (χ3n) is 5.39. The van der Waals surface area contributed by atoms with Gasteiger partial charge in [-0.25, -0.2) is 14.1 Å². The highest BCUT2D eigenvalue weighted by Crippen LogP contribution is 2.27. The van der Waals surface area contributed by atoms with Gasteiger partial charge in [0.1, 0.15) is 23.8 Å². The Morgan fingerprint density at radius 2 is 1.92 bits per heavy atom. The van der Waals surface area contributed by atoms with Crippen LogP contribution >= 0.6 is 15.9 Å². The van der Waals surface area contributed by atoms with Crippen LogP contribution in [0.2, 0.25) is 0 Å². The first-order valence-electron chi connectivity index (χ1n) is 11.0. The van der Waals surface area contributed by atoms with E-state index in [0.29, 0.717) is 42.1 Å². The summed E-state index contributed by atoms with van der Waals surface area (Å²) in [6, 6.07) is 9.74. The number of halogens is 2. The number of rotatable bonds is 7. The quantitative estimate of drug-likeness (QED) is 0.396. The molecule has 5 amide bonds. The molecule has 2 aromatic rings. The monoisotopic (exact) mass is 560 g/mol. The molecule has 2 aliphatic heterocycles. The van der Waals surface area contributed by atoms with Crippen LogP contribution in [0.3, 0.4) is 0 Å². The number of hydrogen-bond donors (Lipinski definition) is 2. The number of carbonyl (C=O) groups excluding carboxylic acids is 4. The summed E-state index contributed by atoms with van der Waals surface area (Å²) in [6.07, 6.45) is 1.45. The Morgan fingerprint density at radius 3 is 2.64 bits per heavy atom. The van der Waals surface area contributed by atoms with Crippen LogP contribution in [-0.2, 0) is 19.1 Å². The predicted molar refractivity (Wildman–Crippen MR) is 130 cm³/mol.